The Hall–Kier alpha value is -1.51. The Morgan fingerprint density at radius 2 is 2.22 bits per heavy atom. The molecule has 0 heterocycles. The van der Waals surface area contributed by atoms with Crippen LogP contribution in [-0.2, 0) is 22.4 Å². The molecule has 96 valence electrons. The van der Waals surface area contributed by atoms with E-state index in [1.54, 1.807) is 0 Å². The molecule has 0 bridgehead atoms. The van der Waals surface area contributed by atoms with Gasteiger partial charge in [0.25, 0.3) is 0 Å². The van der Waals surface area contributed by atoms with Crippen LogP contribution < -0.4 is 5.73 Å². The summed E-state index contributed by atoms with van der Waals surface area (Å²) in [6, 6.07) is 4.30. The number of anilines is 1. The lowest BCUT2D eigenvalue weighted by atomic mass is 9.97. The van der Waals surface area contributed by atoms with Crippen molar-refractivity contribution in [1.82, 2.24) is 0 Å². The second-order valence-electron chi connectivity index (χ2n) is 5.27. The second-order valence-corrected chi connectivity index (χ2v) is 5.27. The largest absolute Gasteiger partial charge is 0.466 e. The number of hydrogen-bond donors (Lipinski definition) is 1. The maximum Gasteiger partial charge on any atom is 0.309 e. The minimum absolute atomic E-state index is 0.0203. The van der Waals surface area contributed by atoms with Gasteiger partial charge >= 0.3 is 5.97 Å². The van der Waals surface area contributed by atoms with Crippen LogP contribution in [0.4, 0.5) is 5.69 Å². The van der Waals surface area contributed by atoms with E-state index in [2.05, 4.69) is 19.1 Å². The monoisotopic (exact) mass is 245 g/mol. The van der Waals surface area contributed by atoms with Gasteiger partial charge in [0.1, 0.15) is 0 Å². The van der Waals surface area contributed by atoms with Gasteiger partial charge in [-0.25, -0.2) is 0 Å². The zero-order valence-electron chi connectivity index (χ0n) is 10.9. The molecule has 2 N–H and O–H groups in total. The van der Waals surface area contributed by atoms with Crippen LogP contribution in [0, 0.1) is 11.8 Å². The van der Waals surface area contributed by atoms with Crippen molar-refractivity contribution in [2.24, 2.45) is 11.8 Å². The van der Waals surface area contributed by atoms with Gasteiger partial charge < -0.3 is 10.5 Å². The molecule has 0 spiro atoms. The molecule has 0 radical (unpaired) electrons. The molecule has 0 aromatic heterocycles. The molecule has 18 heavy (non-hydrogen) atoms. The van der Waals surface area contributed by atoms with Gasteiger partial charge in [-0.3, -0.25) is 4.79 Å². The number of hydrogen-bond acceptors (Lipinski definition) is 3. The predicted molar refractivity (Wildman–Crippen MR) is 70.3 cm³/mol. The highest BCUT2D eigenvalue weighted by atomic mass is 16.5. The normalized spacial score (nSPS) is 27.6. The molecule has 2 aliphatic rings. The van der Waals surface area contributed by atoms with Gasteiger partial charge in [-0.05, 0) is 48.4 Å². The fourth-order valence-corrected chi connectivity index (χ4v) is 3.39. The summed E-state index contributed by atoms with van der Waals surface area (Å²) >= 11 is 0. The number of carbonyl (C=O) groups is 1. The fourth-order valence-electron chi connectivity index (χ4n) is 3.39. The van der Waals surface area contributed by atoms with Crippen LogP contribution in [0.25, 0.3) is 0 Å². The summed E-state index contributed by atoms with van der Waals surface area (Å²) in [5.41, 5.74) is 10.8. The van der Waals surface area contributed by atoms with Gasteiger partial charge in [-0.15, -0.1) is 0 Å². The van der Waals surface area contributed by atoms with E-state index in [4.69, 9.17) is 10.5 Å². The number of rotatable bonds is 3. The quantitative estimate of drug-likeness (QED) is 0.656. The van der Waals surface area contributed by atoms with Crippen LogP contribution in [0.3, 0.4) is 0 Å². The Labute approximate surface area is 107 Å². The number of esters is 1. The van der Waals surface area contributed by atoms with E-state index in [0.29, 0.717) is 18.4 Å². The molecule has 3 rings (SSSR count). The average Bonchev–Trinajstić information content (AvgIpc) is 2.94. The van der Waals surface area contributed by atoms with Crippen LogP contribution in [0.5, 0.6) is 0 Å². The van der Waals surface area contributed by atoms with Crippen LogP contribution in [-0.4, -0.2) is 12.6 Å². The van der Waals surface area contributed by atoms with Crippen LogP contribution in [0.1, 0.15) is 36.5 Å². The molecular formula is C15H19NO2. The summed E-state index contributed by atoms with van der Waals surface area (Å²) in [6.07, 6.45) is 1.93. The smallest absolute Gasteiger partial charge is 0.309 e. The zero-order valence-corrected chi connectivity index (χ0v) is 10.9. The third-order valence-electron chi connectivity index (χ3n) is 4.32. The lowest BCUT2D eigenvalue weighted by Gasteiger charge is -2.11. The first-order valence-electron chi connectivity index (χ1n) is 6.75. The van der Waals surface area contributed by atoms with Crippen molar-refractivity contribution in [3.8, 4) is 0 Å². The van der Waals surface area contributed by atoms with Crippen LogP contribution >= 0.6 is 0 Å². The molecule has 0 saturated heterocycles. The maximum atomic E-state index is 11.8. The number of fused-ring (bicyclic) bond motifs is 3. The number of nitrogens with two attached hydrogens (primary N) is 1. The summed E-state index contributed by atoms with van der Waals surface area (Å²) in [5.74, 6) is 0.939. The van der Waals surface area contributed by atoms with Gasteiger partial charge in [0.05, 0.1) is 12.5 Å². The first-order valence-corrected chi connectivity index (χ1v) is 6.75. The predicted octanol–water partition coefficient (Wildman–Crippen LogP) is 2.28. The highest BCUT2D eigenvalue weighted by molar-refractivity contribution is 5.80. The Balaban J connectivity index is 1.87. The minimum atomic E-state index is -0.0203. The third kappa shape index (κ3) is 1.53. The number of nitrogen functional groups attached to an aromatic ring is 1. The standard InChI is InChI=1S/C15H19NO2/c1-3-8-5-10-9(7-12(8)16)6-11-13(10)14(11)15(17)18-4-2/h5,7,11,13-14H,3-4,6,16H2,1-2H3. The molecule has 3 heteroatoms. The molecule has 1 aromatic rings. The molecular weight excluding hydrogens is 226 g/mol. The van der Waals surface area contributed by atoms with Gasteiger partial charge in [0.2, 0.25) is 0 Å². The summed E-state index contributed by atoms with van der Waals surface area (Å²) in [6.45, 7) is 4.45. The third-order valence-corrected chi connectivity index (χ3v) is 4.32. The Kier molecular flexibility index (Phi) is 2.58. The lowest BCUT2D eigenvalue weighted by Crippen LogP contribution is -2.11. The topological polar surface area (TPSA) is 52.3 Å². The molecule has 1 aromatic carbocycles. The minimum Gasteiger partial charge on any atom is -0.466 e. The van der Waals surface area contributed by atoms with E-state index >= 15 is 0 Å². The van der Waals surface area contributed by atoms with Crippen molar-refractivity contribution in [2.45, 2.75) is 32.6 Å². The number of benzene rings is 1. The Morgan fingerprint density at radius 3 is 2.89 bits per heavy atom. The average molecular weight is 245 g/mol. The molecule has 2 aliphatic carbocycles. The molecule has 3 atom stereocenters. The van der Waals surface area contributed by atoms with Gasteiger partial charge in [0, 0.05) is 11.6 Å². The van der Waals surface area contributed by atoms with E-state index in [0.717, 1.165) is 18.5 Å². The SMILES string of the molecule is CCOC(=O)C1C2Cc3cc(N)c(CC)cc3C21. The van der Waals surface area contributed by atoms with E-state index in [1.165, 1.54) is 16.7 Å². The highest BCUT2D eigenvalue weighted by Crippen LogP contribution is 2.62. The first kappa shape index (κ1) is 11.6. The summed E-state index contributed by atoms with van der Waals surface area (Å²) in [5, 5.41) is 0. The zero-order chi connectivity index (χ0) is 12.9. The van der Waals surface area contributed by atoms with Crippen molar-refractivity contribution in [1.29, 1.82) is 0 Å². The number of carbonyl (C=O) groups excluding carboxylic acids is 1. The molecule has 1 fully saturated rings. The molecule has 3 unspecified atom stereocenters. The van der Waals surface area contributed by atoms with Crippen LogP contribution in [0.15, 0.2) is 12.1 Å². The first-order chi connectivity index (χ1) is 8.67. The Morgan fingerprint density at radius 1 is 1.44 bits per heavy atom. The van der Waals surface area contributed by atoms with Crippen molar-refractivity contribution < 1.29 is 9.53 Å². The van der Waals surface area contributed by atoms with Crippen molar-refractivity contribution in [3.63, 3.8) is 0 Å². The van der Waals surface area contributed by atoms with Crippen molar-refractivity contribution >= 4 is 11.7 Å². The highest BCUT2D eigenvalue weighted by Gasteiger charge is 2.60. The molecule has 1 saturated carbocycles. The summed E-state index contributed by atoms with van der Waals surface area (Å²) in [4.78, 5) is 11.8. The van der Waals surface area contributed by atoms with Gasteiger partial charge in [-0.1, -0.05) is 13.0 Å². The Bertz CT molecular complexity index is 509. The fraction of sp³-hybridized carbons (Fsp3) is 0.533. The van der Waals surface area contributed by atoms with Crippen LogP contribution in [0.2, 0.25) is 0 Å². The van der Waals surface area contributed by atoms with E-state index in [1.807, 2.05) is 6.92 Å². The van der Waals surface area contributed by atoms with E-state index in [9.17, 15) is 4.79 Å². The number of aryl methyl sites for hydroxylation is 1. The molecule has 0 amide bonds. The lowest BCUT2D eigenvalue weighted by molar-refractivity contribution is -0.145. The van der Waals surface area contributed by atoms with Gasteiger partial charge in [0.15, 0.2) is 0 Å². The van der Waals surface area contributed by atoms with E-state index in [-0.39, 0.29) is 11.9 Å². The number of ether oxygens (including phenoxy) is 1. The molecule has 3 nitrogen and oxygen atoms in total. The summed E-state index contributed by atoms with van der Waals surface area (Å²) < 4.78 is 5.13. The van der Waals surface area contributed by atoms with Crippen molar-refractivity contribution in [2.75, 3.05) is 12.3 Å². The molecule has 0 aliphatic heterocycles. The maximum absolute atomic E-state index is 11.8. The van der Waals surface area contributed by atoms with E-state index < -0.39 is 0 Å². The summed E-state index contributed by atoms with van der Waals surface area (Å²) in [7, 11) is 0. The van der Waals surface area contributed by atoms with Gasteiger partial charge in [-0.2, -0.15) is 0 Å². The van der Waals surface area contributed by atoms with Crippen molar-refractivity contribution in [3.05, 3.63) is 28.8 Å². The second kappa shape index (κ2) is 4.01.